The summed E-state index contributed by atoms with van der Waals surface area (Å²) in [4.78, 5) is 46.2. The van der Waals surface area contributed by atoms with Gasteiger partial charge in [-0.15, -0.1) is 10.8 Å². The average molecular weight is 574 g/mol. The monoisotopic (exact) mass is 573 g/mol. The molecule has 212 valence electrons. The smallest absolute Gasteiger partial charge is 0.246 e. The van der Waals surface area contributed by atoms with Gasteiger partial charge >= 0.3 is 0 Å². The quantitative estimate of drug-likeness (QED) is 0.187. The third-order valence-corrected chi connectivity index (χ3v) is 9.57. The van der Waals surface area contributed by atoms with Crippen molar-refractivity contribution in [3.05, 3.63) is 101 Å². The Labute approximate surface area is 238 Å². The predicted molar refractivity (Wildman–Crippen MR) is 156 cm³/mol. The standard InChI is InChI=1S/C30H31N5O5S/c36-26-14-15-30(34-26,18-20-6-2-1-3-7-20)29(38)33-24(28-31-22-8-4-5-9-23(22)32-28)16-19-10-12-21(13-11-19)25-17-27(37)35-41(25,39)40/h1-13,24-25,39-40H,14-18H2,(H,31,32)(H,33,38)(H,34,36)(H,35,37). The molecule has 11 heteroatoms. The van der Waals surface area contributed by atoms with Gasteiger partial charge in [-0.25, -0.2) is 4.98 Å². The lowest BCUT2D eigenvalue weighted by molar-refractivity contribution is -0.130. The molecule has 3 atom stereocenters. The van der Waals surface area contributed by atoms with Crippen molar-refractivity contribution in [3.8, 4) is 0 Å². The molecule has 0 bridgehead atoms. The molecule has 6 rings (SSSR count). The summed E-state index contributed by atoms with van der Waals surface area (Å²) >= 11 is 0. The van der Waals surface area contributed by atoms with Crippen molar-refractivity contribution in [1.82, 2.24) is 25.3 Å². The minimum Gasteiger partial charge on any atom is -0.344 e. The Morgan fingerprint density at radius 1 is 0.976 bits per heavy atom. The number of aromatic amines is 1. The molecule has 0 aliphatic carbocycles. The summed E-state index contributed by atoms with van der Waals surface area (Å²) in [6.07, 6.45) is 1.42. The zero-order chi connectivity index (χ0) is 28.6. The number of hydrogen-bond donors (Lipinski definition) is 6. The van der Waals surface area contributed by atoms with Crippen LogP contribution < -0.4 is 15.4 Å². The number of carbonyl (C=O) groups is 3. The first-order valence-electron chi connectivity index (χ1n) is 13.5. The molecule has 3 aromatic carbocycles. The fourth-order valence-corrected chi connectivity index (χ4v) is 7.15. The Morgan fingerprint density at radius 3 is 2.37 bits per heavy atom. The fraction of sp³-hybridized carbons (Fsp3) is 0.267. The number of amides is 3. The van der Waals surface area contributed by atoms with Gasteiger partial charge in [0.1, 0.15) is 16.6 Å². The molecule has 3 heterocycles. The maximum Gasteiger partial charge on any atom is 0.246 e. The minimum atomic E-state index is -3.25. The summed E-state index contributed by atoms with van der Waals surface area (Å²) in [6.45, 7) is 0. The van der Waals surface area contributed by atoms with Gasteiger partial charge in [0.2, 0.25) is 17.7 Å². The summed E-state index contributed by atoms with van der Waals surface area (Å²) in [5, 5.41) is 5.42. The molecular weight excluding hydrogens is 542 g/mol. The van der Waals surface area contributed by atoms with Gasteiger partial charge in [-0.1, -0.05) is 66.7 Å². The lowest BCUT2D eigenvalue weighted by Gasteiger charge is -2.33. The summed E-state index contributed by atoms with van der Waals surface area (Å²) < 4.78 is 22.8. The van der Waals surface area contributed by atoms with Gasteiger partial charge < -0.3 is 15.6 Å². The topological polar surface area (TPSA) is 156 Å². The SMILES string of the molecule is O=C1CCC(Cc2ccccc2)(C(=O)NC(Cc2ccc(C3CC(=O)NS3(O)O)cc2)c2nc3ccccc3[nH]2)N1. The van der Waals surface area contributed by atoms with E-state index in [2.05, 4.69) is 20.3 Å². The number of carbonyl (C=O) groups excluding carboxylic acids is 3. The van der Waals surface area contributed by atoms with E-state index < -0.39 is 33.5 Å². The third-order valence-electron chi connectivity index (χ3n) is 7.81. The number of aromatic nitrogens is 2. The number of benzene rings is 3. The molecule has 3 amide bonds. The number of nitrogens with zero attached hydrogens (tertiary/aromatic N) is 1. The summed E-state index contributed by atoms with van der Waals surface area (Å²) in [5.41, 5.74) is 3.00. The lowest BCUT2D eigenvalue weighted by atomic mass is 9.87. The summed E-state index contributed by atoms with van der Waals surface area (Å²) in [6, 6.07) is 24.0. The van der Waals surface area contributed by atoms with E-state index in [1.807, 2.05) is 66.7 Å². The highest BCUT2D eigenvalue weighted by Crippen LogP contribution is 2.56. The number of fused-ring (bicyclic) bond motifs is 1. The number of nitrogens with one attached hydrogen (secondary N) is 4. The molecule has 2 saturated heterocycles. The van der Waals surface area contributed by atoms with Crippen molar-refractivity contribution >= 4 is 39.5 Å². The second-order valence-corrected chi connectivity index (χ2v) is 12.7. The second kappa shape index (κ2) is 10.7. The zero-order valence-corrected chi connectivity index (χ0v) is 23.0. The van der Waals surface area contributed by atoms with Gasteiger partial charge in [0.15, 0.2) is 0 Å². The molecule has 0 radical (unpaired) electrons. The van der Waals surface area contributed by atoms with E-state index in [0.717, 1.165) is 22.2 Å². The Morgan fingerprint density at radius 2 is 1.71 bits per heavy atom. The second-order valence-electron chi connectivity index (χ2n) is 10.7. The van der Waals surface area contributed by atoms with E-state index in [9.17, 15) is 23.5 Å². The first-order valence-corrected chi connectivity index (χ1v) is 15.1. The molecule has 2 aliphatic heterocycles. The molecule has 2 aliphatic rings. The van der Waals surface area contributed by atoms with Gasteiger partial charge in [0.05, 0.1) is 23.5 Å². The summed E-state index contributed by atoms with van der Waals surface area (Å²) in [7, 11) is -3.25. The molecule has 1 aromatic heterocycles. The van der Waals surface area contributed by atoms with Crippen LogP contribution in [0.25, 0.3) is 11.0 Å². The van der Waals surface area contributed by atoms with E-state index >= 15 is 0 Å². The van der Waals surface area contributed by atoms with E-state index in [1.54, 1.807) is 12.1 Å². The van der Waals surface area contributed by atoms with Crippen LogP contribution in [-0.4, -0.2) is 42.3 Å². The third kappa shape index (κ3) is 5.56. The molecule has 41 heavy (non-hydrogen) atoms. The van der Waals surface area contributed by atoms with E-state index in [0.29, 0.717) is 30.7 Å². The maximum atomic E-state index is 14.0. The van der Waals surface area contributed by atoms with Crippen molar-refractivity contribution in [1.29, 1.82) is 0 Å². The van der Waals surface area contributed by atoms with Crippen molar-refractivity contribution < 1.29 is 23.5 Å². The van der Waals surface area contributed by atoms with Gasteiger partial charge in [0, 0.05) is 12.8 Å². The summed E-state index contributed by atoms with van der Waals surface area (Å²) in [5.74, 6) is -0.241. The molecule has 2 fully saturated rings. The minimum absolute atomic E-state index is 0.00850. The van der Waals surface area contributed by atoms with Crippen molar-refractivity contribution in [2.24, 2.45) is 0 Å². The lowest BCUT2D eigenvalue weighted by Crippen LogP contribution is -2.56. The van der Waals surface area contributed by atoms with Crippen molar-refractivity contribution in [3.63, 3.8) is 0 Å². The maximum absolute atomic E-state index is 14.0. The van der Waals surface area contributed by atoms with Crippen LogP contribution in [0.15, 0.2) is 78.9 Å². The van der Waals surface area contributed by atoms with Crippen molar-refractivity contribution in [2.45, 2.75) is 48.9 Å². The Balaban J connectivity index is 1.29. The van der Waals surface area contributed by atoms with E-state index in [1.165, 1.54) is 0 Å². The zero-order valence-electron chi connectivity index (χ0n) is 22.2. The van der Waals surface area contributed by atoms with Gasteiger partial charge in [-0.05, 0) is 41.7 Å². The van der Waals surface area contributed by atoms with Crippen LogP contribution in [-0.2, 0) is 27.2 Å². The van der Waals surface area contributed by atoms with Crippen LogP contribution in [0, 0.1) is 0 Å². The highest BCUT2D eigenvalue weighted by molar-refractivity contribution is 8.23. The van der Waals surface area contributed by atoms with Gasteiger partial charge in [-0.3, -0.25) is 28.2 Å². The first kappa shape index (κ1) is 27.0. The number of imidazole rings is 1. The van der Waals surface area contributed by atoms with Crippen LogP contribution in [0.4, 0.5) is 0 Å². The predicted octanol–water partition coefficient (Wildman–Crippen LogP) is 4.08. The average Bonchev–Trinajstić information content (AvgIpc) is 3.63. The molecule has 0 spiro atoms. The molecule has 0 saturated carbocycles. The highest BCUT2D eigenvalue weighted by Gasteiger charge is 2.45. The van der Waals surface area contributed by atoms with Crippen LogP contribution >= 0.6 is 10.8 Å². The fourth-order valence-electron chi connectivity index (χ4n) is 5.67. The number of para-hydroxylation sites is 2. The van der Waals surface area contributed by atoms with Crippen molar-refractivity contribution in [2.75, 3.05) is 0 Å². The van der Waals surface area contributed by atoms with E-state index in [-0.39, 0.29) is 24.7 Å². The Kier molecular flexibility index (Phi) is 7.02. The van der Waals surface area contributed by atoms with Crippen LogP contribution in [0.5, 0.6) is 0 Å². The van der Waals surface area contributed by atoms with Gasteiger partial charge in [-0.2, -0.15) is 0 Å². The highest BCUT2D eigenvalue weighted by atomic mass is 32.3. The normalized spacial score (nSPS) is 23.1. The van der Waals surface area contributed by atoms with Gasteiger partial charge in [0.25, 0.3) is 0 Å². The number of rotatable bonds is 8. The first-order chi connectivity index (χ1) is 19.7. The molecule has 3 unspecified atom stereocenters. The molecule has 4 aromatic rings. The molecular formula is C30H31N5O5S. The van der Waals surface area contributed by atoms with E-state index in [4.69, 9.17) is 4.98 Å². The Hall–Kier alpha value is -4.19. The molecule has 10 nitrogen and oxygen atoms in total. The number of hydrogen-bond acceptors (Lipinski definition) is 6. The Bertz CT molecular complexity index is 1570. The van der Waals surface area contributed by atoms with Crippen LogP contribution in [0.3, 0.4) is 0 Å². The number of H-pyrrole nitrogens is 1. The largest absolute Gasteiger partial charge is 0.344 e. The molecule has 6 N–H and O–H groups in total. The van der Waals surface area contributed by atoms with Crippen LogP contribution in [0.1, 0.15) is 53.1 Å². The van der Waals surface area contributed by atoms with Crippen LogP contribution in [0.2, 0.25) is 0 Å².